The first-order valence-corrected chi connectivity index (χ1v) is 8.02. The maximum Gasteiger partial charge on any atom is 0.258 e. The third kappa shape index (κ3) is 3.75. The second kappa shape index (κ2) is 7.06. The van der Waals surface area contributed by atoms with Crippen LogP contribution in [0.1, 0.15) is 17.8 Å². The maximum absolute atomic E-state index is 12.1. The number of aromatic amines is 1. The van der Waals surface area contributed by atoms with Gasteiger partial charge in [-0.25, -0.2) is 4.98 Å². The number of benzene rings is 1. The first-order chi connectivity index (χ1) is 11.2. The van der Waals surface area contributed by atoms with Crippen molar-refractivity contribution in [2.75, 3.05) is 6.61 Å². The van der Waals surface area contributed by atoms with Gasteiger partial charge >= 0.3 is 0 Å². The zero-order valence-corrected chi connectivity index (χ0v) is 13.3. The normalized spacial score (nSPS) is 11.9. The van der Waals surface area contributed by atoms with Crippen molar-refractivity contribution in [3.05, 3.63) is 53.0 Å². The topological polar surface area (TPSA) is 79.9 Å². The van der Waals surface area contributed by atoms with Crippen molar-refractivity contribution in [2.45, 2.75) is 13.0 Å². The molecule has 2 N–H and O–H groups in total. The Labute approximate surface area is 137 Å². The Morgan fingerprint density at radius 3 is 2.96 bits per heavy atom. The van der Waals surface area contributed by atoms with Gasteiger partial charge in [0.15, 0.2) is 12.4 Å². The number of carbonyl (C=O) groups is 1. The highest BCUT2D eigenvalue weighted by Gasteiger charge is 2.13. The molecule has 0 fully saturated rings. The number of carbonyl (C=O) groups excluding carboxylic acids is 1. The fourth-order valence-electron chi connectivity index (χ4n) is 2.16. The summed E-state index contributed by atoms with van der Waals surface area (Å²) in [4.78, 5) is 17.3. The van der Waals surface area contributed by atoms with Crippen LogP contribution >= 0.6 is 11.3 Å². The molecule has 0 bridgehead atoms. The molecule has 3 rings (SSSR count). The Bertz CT molecular complexity index is 756. The number of nitrogens with zero attached hydrogens (tertiary/aromatic N) is 2. The monoisotopic (exact) mass is 328 g/mol. The van der Waals surface area contributed by atoms with Crippen LogP contribution < -0.4 is 10.1 Å². The van der Waals surface area contributed by atoms with Gasteiger partial charge in [-0.05, 0) is 30.5 Å². The second-order valence-electron chi connectivity index (χ2n) is 4.92. The third-order valence-electron chi connectivity index (χ3n) is 3.26. The number of para-hydroxylation sites is 1. The average molecular weight is 328 g/mol. The maximum atomic E-state index is 12.1. The van der Waals surface area contributed by atoms with Crippen LogP contribution in [0.4, 0.5) is 0 Å². The summed E-state index contributed by atoms with van der Waals surface area (Å²) >= 11 is 1.61. The van der Waals surface area contributed by atoms with Gasteiger partial charge < -0.3 is 10.1 Å². The number of aromatic nitrogens is 3. The zero-order valence-electron chi connectivity index (χ0n) is 12.5. The highest BCUT2D eigenvalue weighted by Crippen LogP contribution is 2.26. The van der Waals surface area contributed by atoms with Gasteiger partial charge in [-0.1, -0.05) is 18.2 Å². The Morgan fingerprint density at radius 1 is 1.35 bits per heavy atom. The molecule has 118 valence electrons. The first-order valence-electron chi connectivity index (χ1n) is 7.14. The number of hydrogen-bond donors (Lipinski definition) is 2. The van der Waals surface area contributed by atoms with E-state index in [9.17, 15) is 4.79 Å². The van der Waals surface area contributed by atoms with Crippen LogP contribution in [0.25, 0.3) is 11.4 Å². The first kappa shape index (κ1) is 15.2. The third-order valence-corrected chi connectivity index (χ3v) is 4.32. The molecule has 0 aliphatic rings. The Balaban J connectivity index is 1.61. The average Bonchev–Trinajstić information content (AvgIpc) is 3.26. The number of rotatable bonds is 6. The zero-order chi connectivity index (χ0) is 16.1. The Kier molecular flexibility index (Phi) is 4.68. The van der Waals surface area contributed by atoms with E-state index >= 15 is 0 Å². The van der Waals surface area contributed by atoms with Crippen LogP contribution in [-0.2, 0) is 4.79 Å². The summed E-state index contributed by atoms with van der Waals surface area (Å²) < 4.78 is 5.64. The molecule has 23 heavy (non-hydrogen) atoms. The van der Waals surface area contributed by atoms with Gasteiger partial charge in [0, 0.05) is 4.88 Å². The fraction of sp³-hybridized carbons (Fsp3) is 0.188. The van der Waals surface area contributed by atoms with Crippen LogP contribution in [0.15, 0.2) is 48.1 Å². The molecule has 0 aliphatic carbocycles. The predicted molar refractivity (Wildman–Crippen MR) is 88.2 cm³/mol. The smallest absolute Gasteiger partial charge is 0.258 e. The molecule has 0 unspecified atom stereocenters. The van der Waals surface area contributed by atoms with Crippen molar-refractivity contribution in [1.82, 2.24) is 20.5 Å². The highest BCUT2D eigenvalue weighted by atomic mass is 32.1. The molecule has 3 aromatic rings. The predicted octanol–water partition coefficient (Wildman–Crippen LogP) is 2.79. The van der Waals surface area contributed by atoms with Gasteiger partial charge in [0.05, 0.1) is 11.6 Å². The fourth-order valence-corrected chi connectivity index (χ4v) is 2.89. The molecule has 0 radical (unpaired) electrons. The van der Waals surface area contributed by atoms with Crippen molar-refractivity contribution < 1.29 is 9.53 Å². The molecule has 1 aromatic carbocycles. The summed E-state index contributed by atoms with van der Waals surface area (Å²) in [5.74, 6) is 1.02. The molecule has 2 heterocycles. The molecular formula is C16H16N4O2S. The summed E-state index contributed by atoms with van der Waals surface area (Å²) in [5, 5.41) is 11.5. The minimum Gasteiger partial charge on any atom is -0.483 e. The summed E-state index contributed by atoms with van der Waals surface area (Å²) in [7, 11) is 0. The van der Waals surface area contributed by atoms with E-state index in [1.807, 2.05) is 42.6 Å². The summed E-state index contributed by atoms with van der Waals surface area (Å²) in [6.45, 7) is 1.90. The summed E-state index contributed by atoms with van der Waals surface area (Å²) in [5.41, 5.74) is 0.768. The van der Waals surface area contributed by atoms with Crippen LogP contribution in [0.2, 0.25) is 0 Å². The number of ether oxygens (including phenoxy) is 1. The summed E-state index contributed by atoms with van der Waals surface area (Å²) in [6, 6.07) is 11.3. The minimum absolute atomic E-state index is 0.0318. The lowest BCUT2D eigenvalue weighted by atomic mass is 10.2. The number of hydrogen-bond acceptors (Lipinski definition) is 5. The van der Waals surface area contributed by atoms with Gasteiger partial charge in [-0.3, -0.25) is 9.89 Å². The molecule has 0 saturated carbocycles. The van der Waals surface area contributed by atoms with Gasteiger partial charge in [0.25, 0.3) is 5.91 Å². The molecule has 1 amide bonds. The van der Waals surface area contributed by atoms with Gasteiger partial charge in [0.2, 0.25) is 0 Å². The van der Waals surface area contributed by atoms with Crippen LogP contribution in [0.3, 0.4) is 0 Å². The van der Waals surface area contributed by atoms with E-state index < -0.39 is 0 Å². The SMILES string of the molecule is C[C@@H](NC(=O)COc1ccccc1-c1ncn[nH]1)c1cccs1. The van der Waals surface area contributed by atoms with Crippen molar-refractivity contribution in [1.29, 1.82) is 0 Å². The number of thiophene rings is 1. The van der Waals surface area contributed by atoms with E-state index in [0.717, 1.165) is 10.4 Å². The molecule has 1 atom stereocenters. The van der Waals surface area contributed by atoms with E-state index in [0.29, 0.717) is 11.6 Å². The second-order valence-corrected chi connectivity index (χ2v) is 5.90. The minimum atomic E-state index is -0.168. The standard InChI is InChI=1S/C16H16N4O2S/c1-11(14-7-4-8-23-14)19-15(21)9-22-13-6-3-2-5-12(13)16-17-10-18-20-16/h2-8,10-11H,9H2,1H3,(H,19,21)(H,17,18,20)/t11-/m1/s1. The number of nitrogens with one attached hydrogen (secondary N) is 2. The lowest BCUT2D eigenvalue weighted by Gasteiger charge is -2.13. The lowest BCUT2D eigenvalue weighted by molar-refractivity contribution is -0.123. The molecule has 0 saturated heterocycles. The van der Waals surface area contributed by atoms with Gasteiger partial charge in [-0.2, -0.15) is 5.10 Å². The molecule has 0 spiro atoms. The molecule has 0 aliphatic heterocycles. The van der Waals surface area contributed by atoms with Crippen LogP contribution in [-0.4, -0.2) is 27.7 Å². The van der Waals surface area contributed by atoms with E-state index in [2.05, 4.69) is 20.5 Å². The van der Waals surface area contributed by atoms with Crippen LogP contribution in [0, 0.1) is 0 Å². The van der Waals surface area contributed by atoms with E-state index in [1.54, 1.807) is 17.4 Å². The molecular weight excluding hydrogens is 312 g/mol. The van der Waals surface area contributed by atoms with Crippen molar-refractivity contribution >= 4 is 17.2 Å². The number of amides is 1. The Hall–Kier alpha value is -2.67. The largest absolute Gasteiger partial charge is 0.483 e. The van der Waals surface area contributed by atoms with Crippen molar-refractivity contribution in [2.24, 2.45) is 0 Å². The van der Waals surface area contributed by atoms with E-state index in [4.69, 9.17) is 4.74 Å². The molecule has 2 aromatic heterocycles. The van der Waals surface area contributed by atoms with Gasteiger partial charge in [-0.15, -0.1) is 11.3 Å². The highest BCUT2D eigenvalue weighted by molar-refractivity contribution is 7.10. The van der Waals surface area contributed by atoms with E-state index in [-0.39, 0.29) is 18.6 Å². The Morgan fingerprint density at radius 2 is 2.22 bits per heavy atom. The molecule has 6 nitrogen and oxygen atoms in total. The van der Waals surface area contributed by atoms with Gasteiger partial charge in [0.1, 0.15) is 12.1 Å². The molecule has 7 heteroatoms. The quantitative estimate of drug-likeness (QED) is 0.729. The summed E-state index contributed by atoms with van der Waals surface area (Å²) in [6.07, 6.45) is 1.43. The number of H-pyrrole nitrogens is 1. The van der Waals surface area contributed by atoms with Crippen molar-refractivity contribution in [3.8, 4) is 17.1 Å². The van der Waals surface area contributed by atoms with Crippen molar-refractivity contribution in [3.63, 3.8) is 0 Å². The lowest BCUT2D eigenvalue weighted by Crippen LogP contribution is -2.30. The van der Waals surface area contributed by atoms with Crippen LogP contribution in [0.5, 0.6) is 5.75 Å². The van der Waals surface area contributed by atoms with E-state index in [1.165, 1.54) is 6.33 Å².